The number of rotatable bonds is 7. The van der Waals surface area contributed by atoms with Crippen LogP contribution in [0.3, 0.4) is 0 Å². The van der Waals surface area contributed by atoms with Gasteiger partial charge in [-0.2, -0.15) is 0 Å². The van der Waals surface area contributed by atoms with Gasteiger partial charge in [-0.05, 0) is 42.5 Å². The maximum absolute atomic E-state index is 13.1. The minimum absolute atomic E-state index is 0.00935. The Balaban J connectivity index is 1.19. The van der Waals surface area contributed by atoms with Gasteiger partial charge in [0.25, 0.3) is 11.5 Å². The molecule has 1 aromatic heterocycles. The zero-order valence-corrected chi connectivity index (χ0v) is 20.4. The van der Waals surface area contributed by atoms with Crippen molar-refractivity contribution in [3.8, 4) is 11.5 Å². The Morgan fingerprint density at radius 1 is 1.03 bits per heavy atom. The van der Waals surface area contributed by atoms with Crippen molar-refractivity contribution in [2.45, 2.75) is 44.3 Å². The van der Waals surface area contributed by atoms with Crippen LogP contribution >= 0.6 is 0 Å². The van der Waals surface area contributed by atoms with Crippen molar-refractivity contribution in [2.75, 3.05) is 27.3 Å². The number of likely N-dealkylation sites (tertiary alicyclic amines) is 1. The third-order valence-electron chi connectivity index (χ3n) is 7.37. The van der Waals surface area contributed by atoms with Crippen LogP contribution in [0.1, 0.15) is 36.4 Å². The highest BCUT2D eigenvalue weighted by atomic mass is 16.5. The Kier molecular flexibility index (Phi) is 6.42. The Morgan fingerprint density at radius 2 is 1.83 bits per heavy atom. The Morgan fingerprint density at radius 3 is 2.61 bits per heavy atom. The summed E-state index contributed by atoms with van der Waals surface area (Å²) >= 11 is 0. The second kappa shape index (κ2) is 9.67. The van der Waals surface area contributed by atoms with Gasteiger partial charge in [-0.3, -0.25) is 19.3 Å². The van der Waals surface area contributed by atoms with E-state index in [1.165, 1.54) is 14.2 Å². The second-order valence-corrected chi connectivity index (χ2v) is 9.65. The second-order valence-electron chi connectivity index (χ2n) is 9.65. The summed E-state index contributed by atoms with van der Waals surface area (Å²) in [6.07, 6.45) is 1.38. The summed E-state index contributed by atoms with van der Waals surface area (Å²) in [5.41, 5.74) is 1.72. The molecule has 0 saturated carbocycles. The Hall–Kier alpha value is -3.82. The highest BCUT2D eigenvalue weighted by molar-refractivity contribution is 6.04. The molecule has 0 unspecified atom stereocenters. The predicted octanol–water partition coefficient (Wildman–Crippen LogP) is 1.71. The number of nitrogens with zero attached hydrogens (tertiary/aromatic N) is 3. The molecule has 3 aliphatic rings. The number of imide groups is 1. The Labute approximate surface area is 208 Å². The highest BCUT2D eigenvalue weighted by Gasteiger charge is 2.40. The fraction of sp³-hybridized carbons (Fsp3) is 0.462. The van der Waals surface area contributed by atoms with Gasteiger partial charge >= 0.3 is 6.03 Å². The standard InChI is InChI=1S/C26H30N4O6/c1-35-21-8-6-16(11-22(21)36-2)13-30-25(33)19(27-26(30)34)7-9-23(31)28-12-17-10-18(15-28)20-4-3-5-24(32)29(20)14-17/h3-6,8,11,17-19H,7,9-10,12-15H2,1-2H3,(H,27,34)/t17-,18+,19-/m1/s1. The van der Waals surface area contributed by atoms with Crippen LogP contribution in [0, 0.1) is 5.92 Å². The van der Waals surface area contributed by atoms with Crippen LogP contribution in [0.2, 0.25) is 0 Å². The summed E-state index contributed by atoms with van der Waals surface area (Å²) in [5, 5.41) is 2.72. The molecule has 3 aliphatic heterocycles. The number of pyridine rings is 1. The fourth-order valence-electron chi connectivity index (χ4n) is 5.61. The maximum atomic E-state index is 13.1. The summed E-state index contributed by atoms with van der Waals surface area (Å²) < 4.78 is 12.4. The lowest BCUT2D eigenvalue weighted by atomic mass is 9.83. The third kappa shape index (κ3) is 4.43. The van der Waals surface area contributed by atoms with Crippen LogP contribution < -0.4 is 20.3 Å². The molecule has 0 spiro atoms. The average molecular weight is 495 g/mol. The number of methoxy groups -OCH3 is 2. The lowest BCUT2D eigenvalue weighted by molar-refractivity contribution is -0.134. The van der Waals surface area contributed by atoms with E-state index in [4.69, 9.17) is 9.47 Å². The fourth-order valence-corrected chi connectivity index (χ4v) is 5.61. The smallest absolute Gasteiger partial charge is 0.325 e. The number of aromatic nitrogens is 1. The normalized spacial score (nSPS) is 22.8. The van der Waals surface area contributed by atoms with E-state index in [9.17, 15) is 19.2 Å². The zero-order chi connectivity index (χ0) is 25.4. The van der Waals surface area contributed by atoms with Crippen molar-refractivity contribution < 1.29 is 23.9 Å². The molecule has 2 fully saturated rings. The predicted molar refractivity (Wildman–Crippen MR) is 130 cm³/mol. The van der Waals surface area contributed by atoms with Gasteiger partial charge in [-0.15, -0.1) is 0 Å². The van der Waals surface area contributed by atoms with E-state index in [2.05, 4.69) is 5.32 Å². The Bertz CT molecular complexity index is 1260. The topological polar surface area (TPSA) is 110 Å². The minimum Gasteiger partial charge on any atom is -0.493 e. The van der Waals surface area contributed by atoms with E-state index < -0.39 is 12.1 Å². The van der Waals surface area contributed by atoms with Crippen molar-refractivity contribution in [1.82, 2.24) is 19.7 Å². The average Bonchev–Trinajstić information content (AvgIpc) is 3.15. The number of nitrogens with one attached hydrogen (secondary N) is 1. The van der Waals surface area contributed by atoms with Crippen molar-refractivity contribution in [2.24, 2.45) is 5.92 Å². The molecule has 4 heterocycles. The van der Waals surface area contributed by atoms with E-state index in [1.807, 2.05) is 15.5 Å². The SMILES string of the molecule is COc1ccc(CN2C(=O)N[C@H](CCC(=O)N3C[C@H]4C[C@@H](C3)c3cccc(=O)n3C4)C2=O)cc1OC. The molecule has 2 saturated heterocycles. The molecule has 3 atom stereocenters. The molecular weight excluding hydrogens is 464 g/mol. The van der Waals surface area contributed by atoms with Crippen molar-refractivity contribution in [3.63, 3.8) is 0 Å². The van der Waals surface area contributed by atoms with Crippen LogP contribution in [0.15, 0.2) is 41.2 Å². The molecule has 190 valence electrons. The largest absolute Gasteiger partial charge is 0.493 e. The van der Waals surface area contributed by atoms with Gasteiger partial charge in [0.05, 0.1) is 20.8 Å². The molecule has 1 aromatic carbocycles. The molecule has 0 aliphatic carbocycles. The summed E-state index contributed by atoms with van der Waals surface area (Å²) in [6.45, 7) is 1.89. The number of piperidine rings is 1. The van der Waals surface area contributed by atoms with Crippen LogP contribution in [-0.4, -0.2) is 65.6 Å². The number of benzene rings is 1. The number of amides is 4. The lowest BCUT2D eigenvalue weighted by Gasteiger charge is -2.42. The van der Waals surface area contributed by atoms with Crippen LogP contribution in [0.5, 0.6) is 11.5 Å². The van der Waals surface area contributed by atoms with Crippen molar-refractivity contribution >= 4 is 17.8 Å². The van der Waals surface area contributed by atoms with E-state index in [-0.39, 0.29) is 48.6 Å². The first-order chi connectivity index (χ1) is 17.4. The molecule has 2 aromatic rings. The molecular formula is C26H30N4O6. The summed E-state index contributed by atoms with van der Waals surface area (Å²) in [7, 11) is 3.06. The molecule has 0 radical (unpaired) electrons. The van der Waals surface area contributed by atoms with Gasteiger partial charge in [-0.1, -0.05) is 12.1 Å². The highest BCUT2D eigenvalue weighted by Crippen LogP contribution is 2.35. The van der Waals surface area contributed by atoms with Gasteiger partial charge in [0.15, 0.2) is 11.5 Å². The number of carbonyl (C=O) groups is 3. The molecule has 10 heteroatoms. The summed E-state index contributed by atoms with van der Waals surface area (Å²) in [5.74, 6) is 1.09. The summed E-state index contributed by atoms with van der Waals surface area (Å²) in [6, 6.07) is 9.36. The maximum Gasteiger partial charge on any atom is 0.325 e. The first-order valence-electron chi connectivity index (χ1n) is 12.2. The van der Waals surface area contributed by atoms with E-state index in [1.54, 1.807) is 30.3 Å². The van der Waals surface area contributed by atoms with Gasteiger partial charge in [0.2, 0.25) is 5.91 Å². The molecule has 2 bridgehead atoms. The van der Waals surface area contributed by atoms with E-state index in [0.717, 1.165) is 22.6 Å². The molecule has 5 rings (SSSR count). The lowest BCUT2D eigenvalue weighted by Crippen LogP contribution is -2.49. The quantitative estimate of drug-likeness (QED) is 0.587. The molecule has 10 nitrogen and oxygen atoms in total. The molecule has 36 heavy (non-hydrogen) atoms. The van der Waals surface area contributed by atoms with Crippen molar-refractivity contribution in [3.05, 3.63) is 58.0 Å². The number of urea groups is 1. The first-order valence-corrected chi connectivity index (χ1v) is 12.2. The first kappa shape index (κ1) is 23.9. The monoisotopic (exact) mass is 494 g/mol. The number of fused-ring (bicyclic) bond motifs is 4. The van der Waals surface area contributed by atoms with Gasteiger partial charge in [0, 0.05) is 43.7 Å². The van der Waals surface area contributed by atoms with E-state index >= 15 is 0 Å². The van der Waals surface area contributed by atoms with Gasteiger partial charge in [-0.25, -0.2) is 4.79 Å². The zero-order valence-electron chi connectivity index (χ0n) is 20.4. The van der Waals surface area contributed by atoms with Crippen LogP contribution in [-0.2, 0) is 22.7 Å². The van der Waals surface area contributed by atoms with Gasteiger partial charge in [0.1, 0.15) is 6.04 Å². The third-order valence-corrected chi connectivity index (χ3v) is 7.37. The molecule has 1 N–H and O–H groups in total. The van der Waals surface area contributed by atoms with Crippen LogP contribution in [0.4, 0.5) is 4.79 Å². The van der Waals surface area contributed by atoms with E-state index in [0.29, 0.717) is 31.1 Å². The van der Waals surface area contributed by atoms with Crippen LogP contribution in [0.25, 0.3) is 0 Å². The number of hydrogen-bond donors (Lipinski definition) is 1. The minimum atomic E-state index is -0.731. The molecule has 4 amide bonds. The number of hydrogen-bond acceptors (Lipinski definition) is 6. The van der Waals surface area contributed by atoms with Crippen molar-refractivity contribution in [1.29, 1.82) is 0 Å². The van der Waals surface area contributed by atoms with Gasteiger partial charge < -0.3 is 24.3 Å². The summed E-state index contributed by atoms with van der Waals surface area (Å²) in [4.78, 5) is 53.7. The number of ether oxygens (including phenoxy) is 2. The number of carbonyl (C=O) groups excluding carboxylic acids is 3.